The van der Waals surface area contributed by atoms with Crippen molar-refractivity contribution in [3.63, 3.8) is 0 Å². The number of morpholine rings is 1. The van der Waals surface area contributed by atoms with Gasteiger partial charge in [0.25, 0.3) is 5.56 Å². The molecule has 0 aromatic carbocycles. The predicted octanol–water partition coefficient (Wildman–Crippen LogP) is -0.840. The lowest BCUT2D eigenvalue weighted by Gasteiger charge is -2.30. The fraction of sp³-hybridized carbons (Fsp3) is 0.571. The van der Waals surface area contributed by atoms with Crippen molar-refractivity contribution in [2.75, 3.05) is 25.0 Å². The van der Waals surface area contributed by atoms with Crippen LogP contribution in [0.25, 0.3) is 11.2 Å². The van der Waals surface area contributed by atoms with E-state index in [-0.39, 0.29) is 35.6 Å². The fourth-order valence-corrected chi connectivity index (χ4v) is 2.45. The molecule has 1 aliphatic rings. The molecule has 10 nitrogen and oxygen atoms in total. The van der Waals surface area contributed by atoms with Gasteiger partial charge in [0.1, 0.15) is 6.23 Å². The number of carbonyl (C=O) groups excluding carboxylic acids is 1. The van der Waals surface area contributed by atoms with E-state index in [1.807, 2.05) is 0 Å². The Labute approximate surface area is 137 Å². The molecule has 1 fully saturated rings. The lowest BCUT2D eigenvalue weighted by molar-refractivity contribution is -0.118. The highest BCUT2D eigenvalue weighted by Gasteiger charge is 2.25. The maximum Gasteiger partial charge on any atom is 0.280 e. The van der Waals surface area contributed by atoms with Crippen LogP contribution in [0.15, 0.2) is 11.1 Å². The number of H-pyrrole nitrogens is 1. The number of nitrogens with two attached hydrogens (primary N) is 1. The van der Waals surface area contributed by atoms with E-state index in [2.05, 4.69) is 25.6 Å². The maximum atomic E-state index is 12.2. The number of nitrogens with zero attached hydrogens (tertiary/aromatic N) is 3. The van der Waals surface area contributed by atoms with Crippen molar-refractivity contribution in [2.45, 2.75) is 26.2 Å². The van der Waals surface area contributed by atoms with Gasteiger partial charge < -0.3 is 15.8 Å². The summed E-state index contributed by atoms with van der Waals surface area (Å²) < 4.78 is 7.55. The summed E-state index contributed by atoms with van der Waals surface area (Å²) in [6.45, 7) is 5.11. The highest BCUT2D eigenvalue weighted by atomic mass is 16.5. The molecule has 1 aliphatic heterocycles. The van der Waals surface area contributed by atoms with Gasteiger partial charge in [-0.25, -0.2) is 4.98 Å². The molecule has 5 N–H and O–H groups in total. The first-order valence-corrected chi connectivity index (χ1v) is 7.83. The molecule has 2 aromatic rings. The van der Waals surface area contributed by atoms with Crippen molar-refractivity contribution >= 4 is 23.0 Å². The van der Waals surface area contributed by atoms with Gasteiger partial charge in [0.05, 0.1) is 12.4 Å². The number of amides is 1. The fourth-order valence-electron chi connectivity index (χ4n) is 2.45. The molecule has 1 saturated heterocycles. The van der Waals surface area contributed by atoms with Gasteiger partial charge in [-0.15, -0.1) is 0 Å². The molecule has 130 valence electrons. The Morgan fingerprint density at radius 2 is 2.33 bits per heavy atom. The van der Waals surface area contributed by atoms with Gasteiger partial charge in [-0.05, 0) is 0 Å². The van der Waals surface area contributed by atoms with Crippen LogP contribution in [-0.4, -0.2) is 51.2 Å². The van der Waals surface area contributed by atoms with Crippen molar-refractivity contribution in [1.29, 1.82) is 0 Å². The standard InChI is InChI=1S/C14H21N7O3/c1-7(2)12(22)19-14-18-11-10(13(23)20-14)17-6-21(11)9-5-16-4-8(3-15)24-9/h6-9,16H,3-5,15H2,1-2H3,(H2,18,19,20,22,23). The Balaban J connectivity index is 1.96. The molecule has 24 heavy (non-hydrogen) atoms. The number of fused-ring (bicyclic) bond motifs is 1. The molecular formula is C14H21N7O3. The third kappa shape index (κ3) is 3.16. The number of rotatable bonds is 4. The average Bonchev–Trinajstić information content (AvgIpc) is 2.99. The quantitative estimate of drug-likeness (QED) is 0.571. The van der Waals surface area contributed by atoms with Crippen molar-refractivity contribution in [2.24, 2.45) is 11.7 Å². The van der Waals surface area contributed by atoms with Crippen molar-refractivity contribution in [3.8, 4) is 0 Å². The molecule has 1 amide bonds. The van der Waals surface area contributed by atoms with Gasteiger partial charge in [-0.3, -0.25) is 24.5 Å². The molecule has 3 heterocycles. The number of carbonyl (C=O) groups is 1. The van der Waals surface area contributed by atoms with E-state index in [0.717, 1.165) is 0 Å². The Hall–Kier alpha value is -2.30. The highest BCUT2D eigenvalue weighted by Crippen LogP contribution is 2.19. The number of imidazole rings is 1. The van der Waals surface area contributed by atoms with E-state index in [1.54, 1.807) is 18.4 Å². The van der Waals surface area contributed by atoms with E-state index >= 15 is 0 Å². The summed E-state index contributed by atoms with van der Waals surface area (Å²) >= 11 is 0. The summed E-state index contributed by atoms with van der Waals surface area (Å²) in [5.74, 6) is -0.374. The van der Waals surface area contributed by atoms with Crippen LogP contribution < -0.4 is 21.9 Å². The van der Waals surface area contributed by atoms with Crippen LogP contribution in [0.1, 0.15) is 20.1 Å². The summed E-state index contributed by atoms with van der Waals surface area (Å²) in [4.78, 5) is 34.9. The van der Waals surface area contributed by atoms with Crippen LogP contribution >= 0.6 is 0 Å². The van der Waals surface area contributed by atoms with E-state index < -0.39 is 5.56 Å². The monoisotopic (exact) mass is 335 g/mol. The normalized spacial score (nSPS) is 21.3. The number of aromatic amines is 1. The van der Waals surface area contributed by atoms with Crippen molar-refractivity contribution in [1.82, 2.24) is 24.8 Å². The second-order valence-corrected chi connectivity index (χ2v) is 5.99. The highest BCUT2D eigenvalue weighted by molar-refractivity contribution is 5.91. The molecule has 0 bridgehead atoms. The SMILES string of the molecule is CC(C)C(=O)Nc1nc2c(ncn2C2CNCC(CN)O2)c(=O)[nH]1. The Bertz CT molecular complexity index is 797. The summed E-state index contributed by atoms with van der Waals surface area (Å²) in [5, 5.41) is 5.82. The Morgan fingerprint density at radius 1 is 1.54 bits per heavy atom. The summed E-state index contributed by atoms with van der Waals surface area (Å²) in [7, 11) is 0. The van der Waals surface area contributed by atoms with Crippen LogP contribution in [0.5, 0.6) is 0 Å². The third-order valence-electron chi connectivity index (χ3n) is 3.81. The summed E-state index contributed by atoms with van der Waals surface area (Å²) in [6, 6.07) is 0. The van der Waals surface area contributed by atoms with Gasteiger partial charge in [0, 0.05) is 25.6 Å². The first-order valence-electron chi connectivity index (χ1n) is 7.83. The van der Waals surface area contributed by atoms with E-state index in [4.69, 9.17) is 10.5 Å². The second-order valence-electron chi connectivity index (χ2n) is 5.99. The lowest BCUT2D eigenvalue weighted by atomic mass is 10.2. The minimum Gasteiger partial charge on any atom is -0.351 e. The van der Waals surface area contributed by atoms with E-state index in [9.17, 15) is 9.59 Å². The number of ether oxygens (including phenoxy) is 1. The minimum atomic E-state index is -0.419. The second kappa shape index (κ2) is 6.67. The van der Waals surface area contributed by atoms with E-state index in [0.29, 0.717) is 25.3 Å². The van der Waals surface area contributed by atoms with Crippen LogP contribution in [0.4, 0.5) is 5.95 Å². The first kappa shape index (κ1) is 16.6. The lowest BCUT2D eigenvalue weighted by Crippen LogP contribution is -2.45. The van der Waals surface area contributed by atoms with Gasteiger partial charge in [-0.2, -0.15) is 4.98 Å². The number of anilines is 1. The summed E-state index contributed by atoms with van der Waals surface area (Å²) in [6.07, 6.45) is 1.01. The molecule has 2 unspecified atom stereocenters. The first-order chi connectivity index (χ1) is 11.5. The molecule has 3 rings (SSSR count). The molecular weight excluding hydrogens is 314 g/mol. The number of hydrogen-bond donors (Lipinski definition) is 4. The van der Waals surface area contributed by atoms with Gasteiger partial charge in [-0.1, -0.05) is 13.8 Å². The topological polar surface area (TPSA) is 140 Å². The smallest absolute Gasteiger partial charge is 0.280 e. The van der Waals surface area contributed by atoms with Crippen molar-refractivity contribution in [3.05, 3.63) is 16.7 Å². The Kier molecular flexibility index (Phi) is 4.60. The number of hydrogen-bond acceptors (Lipinski definition) is 7. The molecule has 0 aliphatic carbocycles. The van der Waals surface area contributed by atoms with Crippen LogP contribution in [0.2, 0.25) is 0 Å². The van der Waals surface area contributed by atoms with Gasteiger partial charge >= 0.3 is 0 Å². The minimum absolute atomic E-state index is 0.0899. The Morgan fingerprint density at radius 3 is 3.04 bits per heavy atom. The van der Waals surface area contributed by atoms with Crippen molar-refractivity contribution < 1.29 is 9.53 Å². The largest absolute Gasteiger partial charge is 0.351 e. The molecule has 0 saturated carbocycles. The van der Waals surface area contributed by atoms with E-state index in [1.165, 1.54) is 6.33 Å². The molecule has 0 spiro atoms. The summed E-state index contributed by atoms with van der Waals surface area (Å²) in [5.41, 5.74) is 5.78. The zero-order chi connectivity index (χ0) is 17.3. The van der Waals surface area contributed by atoms with Crippen LogP contribution in [0, 0.1) is 5.92 Å². The molecule has 2 aromatic heterocycles. The van der Waals surface area contributed by atoms with Crippen LogP contribution in [-0.2, 0) is 9.53 Å². The molecule has 0 radical (unpaired) electrons. The average molecular weight is 335 g/mol. The zero-order valence-corrected chi connectivity index (χ0v) is 13.6. The maximum absolute atomic E-state index is 12.2. The predicted molar refractivity (Wildman–Crippen MR) is 87.5 cm³/mol. The van der Waals surface area contributed by atoms with Gasteiger partial charge in [0.2, 0.25) is 11.9 Å². The zero-order valence-electron chi connectivity index (χ0n) is 13.6. The third-order valence-corrected chi connectivity index (χ3v) is 3.81. The number of nitrogens with one attached hydrogen (secondary N) is 3. The molecule has 10 heteroatoms. The number of aromatic nitrogens is 4. The van der Waals surface area contributed by atoms with Gasteiger partial charge in [0.15, 0.2) is 11.2 Å². The molecule has 2 atom stereocenters. The van der Waals surface area contributed by atoms with Crippen LogP contribution in [0.3, 0.4) is 0 Å².